The van der Waals surface area contributed by atoms with Crippen LogP contribution in [0.2, 0.25) is 19.6 Å². The van der Waals surface area contributed by atoms with E-state index in [9.17, 15) is 9.59 Å². The maximum absolute atomic E-state index is 12.7. The summed E-state index contributed by atoms with van der Waals surface area (Å²) in [6.45, 7) is 6.04. The van der Waals surface area contributed by atoms with E-state index >= 15 is 0 Å². The number of rotatable bonds is 8. The third kappa shape index (κ3) is 6.13. The van der Waals surface area contributed by atoms with Gasteiger partial charge < -0.3 is 4.53 Å². The number of benzene rings is 2. The van der Waals surface area contributed by atoms with Crippen LogP contribution in [0.5, 0.6) is 0 Å². The van der Waals surface area contributed by atoms with Crippen molar-refractivity contribution in [2.24, 2.45) is 0 Å². The van der Waals surface area contributed by atoms with Crippen LogP contribution in [0, 0.1) is 0 Å². The summed E-state index contributed by atoms with van der Waals surface area (Å²) in [7, 11) is -1.88. The van der Waals surface area contributed by atoms with Crippen LogP contribution in [-0.2, 0) is 4.53 Å². The van der Waals surface area contributed by atoms with Crippen LogP contribution < -0.4 is 5.48 Å². The lowest BCUT2D eigenvalue weighted by Crippen LogP contribution is -2.35. The second-order valence-electron chi connectivity index (χ2n) is 6.62. The Hall–Kier alpha value is -2.50. The number of carbonyl (C=O) groups excluding carboxylic acids is 2. The van der Waals surface area contributed by atoms with Crippen molar-refractivity contribution in [3.63, 3.8) is 0 Å². The Morgan fingerprint density at radius 3 is 1.96 bits per heavy atom. The maximum Gasteiger partial charge on any atom is 0.220 e. The first-order valence-electron chi connectivity index (χ1n) is 8.19. The van der Waals surface area contributed by atoms with Crippen LogP contribution in [0.25, 0.3) is 0 Å². The first kappa shape index (κ1) is 18.8. The Balaban J connectivity index is 2.18. The summed E-state index contributed by atoms with van der Waals surface area (Å²) < 4.78 is 5.66. The molecule has 2 rings (SSSR count). The second kappa shape index (κ2) is 8.55. The number of nitrogens with one attached hydrogen (secondary N) is 1. The smallest absolute Gasteiger partial charge is 0.220 e. The van der Waals surface area contributed by atoms with E-state index in [4.69, 9.17) is 4.53 Å². The number of carbonyl (C=O) groups is 2. The van der Waals surface area contributed by atoms with E-state index in [2.05, 4.69) is 5.48 Å². The first-order chi connectivity index (χ1) is 11.9. The second-order valence-corrected chi connectivity index (χ2v) is 11.1. The van der Waals surface area contributed by atoms with Crippen LogP contribution in [0.4, 0.5) is 0 Å². The SMILES string of the molecule is C[Si](C)(C)ONC(=CCC(=O)c1ccccc1)C(=O)c1ccccc1. The quantitative estimate of drug-likeness (QED) is 0.331. The highest BCUT2D eigenvalue weighted by atomic mass is 28.4. The van der Waals surface area contributed by atoms with Gasteiger partial charge in [0, 0.05) is 17.5 Å². The number of allylic oxidation sites excluding steroid dienone is 2. The largest absolute Gasteiger partial charge is 0.323 e. The van der Waals surface area contributed by atoms with E-state index in [1.54, 1.807) is 42.5 Å². The minimum Gasteiger partial charge on any atom is -0.323 e. The summed E-state index contributed by atoms with van der Waals surface area (Å²) in [5, 5.41) is 0. The minimum absolute atomic E-state index is 0.0474. The van der Waals surface area contributed by atoms with Gasteiger partial charge in [0.25, 0.3) is 0 Å². The lowest BCUT2D eigenvalue weighted by Gasteiger charge is -2.19. The van der Waals surface area contributed by atoms with E-state index in [1.807, 2.05) is 43.9 Å². The van der Waals surface area contributed by atoms with Gasteiger partial charge in [-0.25, -0.2) is 0 Å². The molecule has 1 N–H and O–H groups in total. The Morgan fingerprint density at radius 2 is 1.44 bits per heavy atom. The van der Waals surface area contributed by atoms with E-state index in [1.165, 1.54) is 0 Å². The van der Waals surface area contributed by atoms with Gasteiger partial charge in [0.15, 0.2) is 5.78 Å². The van der Waals surface area contributed by atoms with Gasteiger partial charge in [0.2, 0.25) is 14.1 Å². The molecule has 0 saturated carbocycles. The van der Waals surface area contributed by atoms with Gasteiger partial charge in [-0.2, -0.15) is 0 Å². The van der Waals surface area contributed by atoms with Crippen LogP contribution in [0.3, 0.4) is 0 Å². The summed E-state index contributed by atoms with van der Waals surface area (Å²) in [5.74, 6) is -0.242. The molecule has 4 nitrogen and oxygen atoms in total. The molecule has 0 atom stereocenters. The van der Waals surface area contributed by atoms with E-state index < -0.39 is 8.32 Å². The molecule has 2 aromatic carbocycles. The molecular formula is C20H23NO3Si. The fourth-order valence-electron chi connectivity index (χ4n) is 2.07. The summed E-state index contributed by atoms with van der Waals surface area (Å²) in [5.41, 5.74) is 4.25. The van der Waals surface area contributed by atoms with Gasteiger partial charge in [0.05, 0.1) is 0 Å². The lowest BCUT2D eigenvalue weighted by atomic mass is 10.0. The molecule has 0 unspecified atom stereocenters. The highest BCUT2D eigenvalue weighted by Gasteiger charge is 2.19. The van der Waals surface area contributed by atoms with E-state index in [0.717, 1.165) is 0 Å². The van der Waals surface area contributed by atoms with Crippen molar-refractivity contribution in [3.8, 4) is 0 Å². The zero-order valence-corrected chi connectivity index (χ0v) is 15.8. The molecule has 0 aliphatic heterocycles. The maximum atomic E-state index is 12.7. The minimum atomic E-state index is -1.88. The van der Waals surface area contributed by atoms with Crippen molar-refractivity contribution in [2.45, 2.75) is 26.1 Å². The summed E-state index contributed by atoms with van der Waals surface area (Å²) in [6.07, 6.45) is 1.73. The zero-order valence-electron chi connectivity index (χ0n) is 14.8. The average Bonchev–Trinajstić information content (AvgIpc) is 2.61. The fraction of sp³-hybridized carbons (Fsp3) is 0.200. The Morgan fingerprint density at radius 1 is 0.920 bits per heavy atom. The molecule has 0 heterocycles. The van der Waals surface area contributed by atoms with Crippen LogP contribution in [0.1, 0.15) is 27.1 Å². The molecular weight excluding hydrogens is 330 g/mol. The molecule has 0 aliphatic rings. The van der Waals surface area contributed by atoms with E-state index in [0.29, 0.717) is 11.1 Å². The van der Waals surface area contributed by atoms with Crippen LogP contribution in [0.15, 0.2) is 72.4 Å². The molecule has 0 aliphatic carbocycles. The van der Waals surface area contributed by atoms with Crippen molar-refractivity contribution in [1.29, 1.82) is 0 Å². The number of hydroxylamine groups is 1. The molecule has 130 valence electrons. The molecule has 0 radical (unpaired) electrons. The van der Waals surface area contributed by atoms with Crippen molar-refractivity contribution in [3.05, 3.63) is 83.6 Å². The van der Waals surface area contributed by atoms with Crippen LogP contribution >= 0.6 is 0 Å². The predicted octanol–water partition coefficient (Wildman–Crippen LogP) is 4.38. The molecule has 0 spiro atoms. The van der Waals surface area contributed by atoms with Crippen molar-refractivity contribution in [1.82, 2.24) is 5.48 Å². The molecule has 2 aromatic rings. The Kier molecular flexibility index (Phi) is 6.44. The third-order valence-corrected chi connectivity index (χ3v) is 4.05. The van der Waals surface area contributed by atoms with Gasteiger partial charge in [-0.15, -0.1) is 0 Å². The number of hydrogen-bond donors (Lipinski definition) is 1. The van der Waals surface area contributed by atoms with Gasteiger partial charge in [-0.05, 0) is 25.7 Å². The highest BCUT2D eigenvalue weighted by molar-refractivity contribution is 6.69. The normalized spacial score (nSPS) is 11.9. The van der Waals surface area contributed by atoms with Gasteiger partial charge in [0.1, 0.15) is 5.70 Å². The lowest BCUT2D eigenvalue weighted by molar-refractivity contribution is 0.0983. The molecule has 5 heteroatoms. The molecule has 0 fully saturated rings. The Bertz CT molecular complexity index is 750. The van der Waals surface area contributed by atoms with E-state index in [-0.39, 0.29) is 23.7 Å². The molecule has 25 heavy (non-hydrogen) atoms. The predicted molar refractivity (Wildman–Crippen MR) is 102 cm³/mol. The standard InChI is InChI=1S/C20H23NO3Si/c1-25(2,3)24-21-18(20(23)17-12-8-5-9-13-17)14-15-19(22)16-10-6-4-7-11-16/h4-14,21H,15H2,1-3H3. The van der Waals surface area contributed by atoms with Gasteiger partial charge in [-0.3, -0.25) is 15.1 Å². The number of Topliss-reactive ketones (excluding diaryl/α,β-unsaturated/α-hetero) is 2. The summed E-state index contributed by atoms with van der Waals surface area (Å²) in [6, 6.07) is 18.0. The molecule has 0 amide bonds. The monoisotopic (exact) mass is 353 g/mol. The topological polar surface area (TPSA) is 55.4 Å². The molecule has 0 bridgehead atoms. The number of ketones is 2. The summed E-state index contributed by atoms with van der Waals surface area (Å²) in [4.78, 5) is 25.0. The van der Waals surface area contributed by atoms with Crippen LogP contribution in [-0.4, -0.2) is 19.9 Å². The molecule has 0 aromatic heterocycles. The zero-order chi connectivity index (χ0) is 18.3. The summed E-state index contributed by atoms with van der Waals surface area (Å²) >= 11 is 0. The number of hydrogen-bond acceptors (Lipinski definition) is 4. The van der Waals surface area contributed by atoms with Crippen molar-refractivity contribution < 1.29 is 14.1 Å². The average molecular weight is 353 g/mol. The van der Waals surface area contributed by atoms with Gasteiger partial charge >= 0.3 is 0 Å². The first-order valence-corrected chi connectivity index (χ1v) is 11.6. The van der Waals surface area contributed by atoms with Crippen molar-refractivity contribution >= 4 is 19.9 Å². The van der Waals surface area contributed by atoms with Crippen molar-refractivity contribution in [2.75, 3.05) is 0 Å². The van der Waals surface area contributed by atoms with Gasteiger partial charge in [-0.1, -0.05) is 60.7 Å². The molecule has 0 saturated heterocycles. The highest BCUT2D eigenvalue weighted by Crippen LogP contribution is 2.11. The Labute approximate surface area is 149 Å². The fourth-order valence-corrected chi connectivity index (χ4v) is 2.49. The third-order valence-electron chi connectivity index (χ3n) is 3.34.